The van der Waals surface area contributed by atoms with Gasteiger partial charge in [0.2, 0.25) is 0 Å². The van der Waals surface area contributed by atoms with Gasteiger partial charge in [0.05, 0.1) is 0 Å². The van der Waals surface area contributed by atoms with Crippen molar-refractivity contribution in [1.82, 2.24) is 9.36 Å². The summed E-state index contributed by atoms with van der Waals surface area (Å²) in [5, 5.41) is 0.607. The van der Waals surface area contributed by atoms with Gasteiger partial charge in [-0.1, -0.05) is 20.8 Å². The van der Waals surface area contributed by atoms with Crippen LogP contribution in [0.1, 0.15) is 26.6 Å². The predicted molar refractivity (Wildman–Crippen MR) is 53.2 cm³/mol. The van der Waals surface area contributed by atoms with Gasteiger partial charge in [0.1, 0.15) is 6.61 Å². The molecule has 1 aromatic heterocycles. The molecular formula is C8H15N3OS. The first kappa shape index (κ1) is 10.4. The maximum atomic E-state index is 5.30. The van der Waals surface area contributed by atoms with Crippen molar-refractivity contribution in [2.75, 3.05) is 13.2 Å². The standard InChI is InChI=1S/C8H15N3OS/c1-8(2,3)6-10-7(13-11-6)12-5-4-9/h4-5,9H2,1-3H3. The molecule has 0 fully saturated rings. The fourth-order valence-corrected chi connectivity index (χ4v) is 1.46. The van der Waals surface area contributed by atoms with Crippen molar-refractivity contribution in [3.05, 3.63) is 5.82 Å². The van der Waals surface area contributed by atoms with Crippen molar-refractivity contribution in [2.45, 2.75) is 26.2 Å². The van der Waals surface area contributed by atoms with Gasteiger partial charge in [-0.15, -0.1) is 0 Å². The summed E-state index contributed by atoms with van der Waals surface area (Å²) in [7, 11) is 0. The van der Waals surface area contributed by atoms with Gasteiger partial charge in [-0.05, 0) is 0 Å². The van der Waals surface area contributed by atoms with E-state index < -0.39 is 0 Å². The number of nitrogens with zero attached hydrogens (tertiary/aromatic N) is 2. The Morgan fingerprint density at radius 3 is 2.62 bits per heavy atom. The van der Waals surface area contributed by atoms with E-state index >= 15 is 0 Å². The van der Waals surface area contributed by atoms with E-state index in [9.17, 15) is 0 Å². The van der Waals surface area contributed by atoms with E-state index in [-0.39, 0.29) is 5.41 Å². The van der Waals surface area contributed by atoms with Crippen LogP contribution in [-0.2, 0) is 5.41 Å². The minimum atomic E-state index is -0.0131. The van der Waals surface area contributed by atoms with Crippen molar-refractivity contribution in [3.8, 4) is 5.19 Å². The summed E-state index contributed by atoms with van der Waals surface area (Å²) in [6, 6.07) is 0. The molecule has 1 heterocycles. The Hall–Kier alpha value is -0.680. The van der Waals surface area contributed by atoms with Crippen molar-refractivity contribution in [3.63, 3.8) is 0 Å². The maximum Gasteiger partial charge on any atom is 0.293 e. The van der Waals surface area contributed by atoms with E-state index in [1.807, 2.05) is 0 Å². The zero-order valence-electron chi connectivity index (χ0n) is 8.20. The first-order valence-electron chi connectivity index (χ1n) is 4.21. The van der Waals surface area contributed by atoms with Gasteiger partial charge >= 0.3 is 0 Å². The topological polar surface area (TPSA) is 61.0 Å². The average Bonchev–Trinajstić information content (AvgIpc) is 2.47. The van der Waals surface area contributed by atoms with E-state index in [1.165, 1.54) is 11.5 Å². The van der Waals surface area contributed by atoms with Crippen LogP contribution in [0, 0.1) is 0 Å². The molecule has 0 saturated carbocycles. The highest BCUT2D eigenvalue weighted by atomic mass is 32.1. The second kappa shape index (κ2) is 4.02. The largest absolute Gasteiger partial charge is 0.468 e. The van der Waals surface area contributed by atoms with Gasteiger partial charge in [0.25, 0.3) is 5.19 Å². The molecule has 0 radical (unpaired) electrons. The molecule has 1 rings (SSSR count). The highest BCUT2D eigenvalue weighted by Crippen LogP contribution is 2.23. The lowest BCUT2D eigenvalue weighted by Gasteiger charge is -2.11. The quantitative estimate of drug-likeness (QED) is 0.797. The monoisotopic (exact) mass is 201 g/mol. The molecule has 0 saturated heterocycles. The molecule has 0 aliphatic heterocycles. The first-order chi connectivity index (χ1) is 6.04. The SMILES string of the molecule is CC(C)(C)c1nsc(OCCN)n1. The predicted octanol–water partition coefficient (Wildman–Crippen LogP) is 1.17. The number of nitrogens with two attached hydrogens (primary N) is 1. The maximum absolute atomic E-state index is 5.30. The fourth-order valence-electron chi connectivity index (χ4n) is 0.719. The summed E-state index contributed by atoms with van der Waals surface area (Å²) >= 11 is 1.28. The van der Waals surface area contributed by atoms with Crippen LogP contribution >= 0.6 is 11.5 Å². The molecule has 0 aliphatic rings. The van der Waals surface area contributed by atoms with Crippen molar-refractivity contribution in [1.29, 1.82) is 0 Å². The number of hydrogen-bond acceptors (Lipinski definition) is 5. The summed E-state index contributed by atoms with van der Waals surface area (Å²) in [5.41, 5.74) is 5.29. The molecule has 0 aromatic carbocycles. The molecule has 1 aromatic rings. The third-order valence-corrected chi connectivity index (χ3v) is 2.05. The van der Waals surface area contributed by atoms with Crippen molar-refractivity contribution < 1.29 is 4.74 Å². The molecule has 5 heteroatoms. The van der Waals surface area contributed by atoms with Crippen LogP contribution in [0.15, 0.2) is 0 Å². The van der Waals surface area contributed by atoms with Crippen molar-refractivity contribution in [2.24, 2.45) is 5.73 Å². The van der Waals surface area contributed by atoms with E-state index in [1.54, 1.807) is 0 Å². The fraction of sp³-hybridized carbons (Fsp3) is 0.750. The molecule has 0 unspecified atom stereocenters. The molecule has 0 atom stereocenters. The molecular weight excluding hydrogens is 186 g/mol. The van der Waals surface area contributed by atoms with Gasteiger partial charge in [-0.25, -0.2) is 0 Å². The summed E-state index contributed by atoms with van der Waals surface area (Å²) in [6.45, 7) is 7.22. The average molecular weight is 201 g/mol. The van der Waals surface area contributed by atoms with Gasteiger partial charge in [-0.2, -0.15) is 9.36 Å². The zero-order chi connectivity index (χ0) is 9.90. The van der Waals surface area contributed by atoms with Crippen LogP contribution in [0.25, 0.3) is 0 Å². The third kappa shape index (κ3) is 2.93. The van der Waals surface area contributed by atoms with E-state index in [0.29, 0.717) is 18.3 Å². The van der Waals surface area contributed by atoms with Gasteiger partial charge in [0, 0.05) is 23.5 Å². The molecule has 4 nitrogen and oxygen atoms in total. The summed E-state index contributed by atoms with van der Waals surface area (Å²) in [4.78, 5) is 4.25. The first-order valence-corrected chi connectivity index (χ1v) is 4.98. The van der Waals surface area contributed by atoms with Crippen LogP contribution in [-0.4, -0.2) is 22.5 Å². The minimum Gasteiger partial charge on any atom is -0.468 e. The van der Waals surface area contributed by atoms with Crippen LogP contribution < -0.4 is 10.5 Å². The molecule has 74 valence electrons. The Kier molecular flexibility index (Phi) is 3.22. The molecule has 0 spiro atoms. The van der Waals surface area contributed by atoms with Crippen LogP contribution in [0.5, 0.6) is 5.19 Å². The second-order valence-electron chi connectivity index (χ2n) is 3.77. The van der Waals surface area contributed by atoms with Crippen LogP contribution in [0.4, 0.5) is 0 Å². The van der Waals surface area contributed by atoms with E-state index in [2.05, 4.69) is 30.1 Å². The molecule has 0 amide bonds. The molecule has 2 N–H and O–H groups in total. The zero-order valence-corrected chi connectivity index (χ0v) is 9.02. The summed E-state index contributed by atoms with van der Waals surface area (Å²) in [5.74, 6) is 0.824. The summed E-state index contributed by atoms with van der Waals surface area (Å²) < 4.78 is 9.46. The Balaban J connectivity index is 2.64. The number of rotatable bonds is 3. The Morgan fingerprint density at radius 1 is 1.46 bits per heavy atom. The third-order valence-electron chi connectivity index (χ3n) is 1.42. The lowest BCUT2D eigenvalue weighted by molar-refractivity contribution is 0.324. The van der Waals surface area contributed by atoms with E-state index in [4.69, 9.17) is 10.5 Å². The van der Waals surface area contributed by atoms with Gasteiger partial charge < -0.3 is 10.5 Å². The highest BCUT2D eigenvalue weighted by Gasteiger charge is 2.19. The number of aromatic nitrogens is 2. The number of ether oxygens (including phenoxy) is 1. The lowest BCUT2D eigenvalue weighted by atomic mass is 9.96. The number of hydrogen-bond donors (Lipinski definition) is 1. The van der Waals surface area contributed by atoms with Crippen molar-refractivity contribution >= 4 is 11.5 Å². The van der Waals surface area contributed by atoms with Crippen LogP contribution in [0.2, 0.25) is 0 Å². The lowest BCUT2D eigenvalue weighted by Crippen LogP contribution is -2.14. The van der Waals surface area contributed by atoms with Crippen LogP contribution in [0.3, 0.4) is 0 Å². The second-order valence-corrected chi connectivity index (χ2v) is 4.49. The van der Waals surface area contributed by atoms with Gasteiger partial charge in [-0.3, -0.25) is 0 Å². The summed E-state index contributed by atoms with van der Waals surface area (Å²) in [6.07, 6.45) is 0. The smallest absolute Gasteiger partial charge is 0.293 e. The Labute approximate surface area is 82.3 Å². The Bertz CT molecular complexity index is 267. The molecule has 0 aliphatic carbocycles. The normalized spacial score (nSPS) is 11.7. The highest BCUT2D eigenvalue weighted by molar-refractivity contribution is 7.07. The Morgan fingerprint density at radius 2 is 2.15 bits per heavy atom. The van der Waals surface area contributed by atoms with Gasteiger partial charge in [0.15, 0.2) is 5.82 Å². The molecule has 0 bridgehead atoms. The molecule has 13 heavy (non-hydrogen) atoms. The van der Waals surface area contributed by atoms with E-state index in [0.717, 1.165) is 5.82 Å². The minimum absolute atomic E-state index is 0.0131.